The third-order valence-electron chi connectivity index (χ3n) is 10.9. The first-order chi connectivity index (χ1) is 18.7. The summed E-state index contributed by atoms with van der Waals surface area (Å²) in [5.74, 6) is -4.95. The van der Waals surface area contributed by atoms with Crippen LogP contribution in [0.1, 0.15) is 51.9 Å². The van der Waals surface area contributed by atoms with E-state index in [0.717, 1.165) is 0 Å². The molecule has 0 radical (unpaired) electrons. The van der Waals surface area contributed by atoms with Gasteiger partial charge in [0.05, 0.1) is 29.8 Å². The Balaban J connectivity index is 1.74. The molecular formula is C31H39NO8. The van der Waals surface area contributed by atoms with Gasteiger partial charge in [-0.15, -0.1) is 0 Å². The first-order valence-corrected chi connectivity index (χ1v) is 13.8. The number of fused-ring (bicyclic) bond motifs is 5. The molecule has 40 heavy (non-hydrogen) atoms. The maximum atomic E-state index is 13.7. The third-order valence-corrected chi connectivity index (χ3v) is 10.9. The number of nitrogens with one attached hydrogen (secondary N) is 1. The molecule has 216 valence electrons. The van der Waals surface area contributed by atoms with Crippen LogP contribution in [0.25, 0.3) is 0 Å². The lowest BCUT2D eigenvalue weighted by molar-refractivity contribution is -0.221. The molecule has 0 heterocycles. The number of anilines is 1. The van der Waals surface area contributed by atoms with E-state index >= 15 is 0 Å². The Morgan fingerprint density at radius 3 is 2.38 bits per heavy atom. The maximum absolute atomic E-state index is 13.7. The molecule has 0 amide bonds. The fourth-order valence-electron chi connectivity index (χ4n) is 8.64. The predicted octanol–water partition coefficient (Wildman–Crippen LogP) is 2.65. The third kappa shape index (κ3) is 3.22. The van der Waals surface area contributed by atoms with Crippen LogP contribution in [0.2, 0.25) is 0 Å². The van der Waals surface area contributed by atoms with Gasteiger partial charge >= 0.3 is 11.9 Å². The lowest BCUT2D eigenvalue weighted by Crippen LogP contribution is -2.66. The second-order valence-corrected chi connectivity index (χ2v) is 12.5. The summed E-state index contributed by atoms with van der Waals surface area (Å²) in [5.41, 5.74) is -3.35. The topological polar surface area (TPSA) is 142 Å². The smallest absolute Gasteiger partial charge is 0.340 e. The van der Waals surface area contributed by atoms with Gasteiger partial charge < -0.3 is 30.1 Å². The largest absolute Gasteiger partial charge is 0.454 e. The molecule has 9 nitrogen and oxygen atoms in total. The zero-order valence-electron chi connectivity index (χ0n) is 24.0. The second kappa shape index (κ2) is 8.99. The van der Waals surface area contributed by atoms with Crippen molar-refractivity contribution in [2.45, 2.75) is 65.0 Å². The van der Waals surface area contributed by atoms with E-state index in [0.29, 0.717) is 11.3 Å². The van der Waals surface area contributed by atoms with Crippen molar-refractivity contribution in [3.8, 4) is 0 Å². The fourth-order valence-corrected chi connectivity index (χ4v) is 8.64. The van der Waals surface area contributed by atoms with E-state index in [4.69, 9.17) is 9.47 Å². The summed E-state index contributed by atoms with van der Waals surface area (Å²) < 4.78 is 12.4. The molecule has 1 aromatic carbocycles. The van der Waals surface area contributed by atoms with Crippen LogP contribution in [0.4, 0.5) is 5.69 Å². The van der Waals surface area contributed by atoms with Gasteiger partial charge in [-0.25, -0.2) is 4.79 Å². The van der Waals surface area contributed by atoms with Crippen molar-refractivity contribution < 1.29 is 39.2 Å². The number of esters is 2. The van der Waals surface area contributed by atoms with Crippen molar-refractivity contribution in [2.24, 2.45) is 34.5 Å². The Morgan fingerprint density at radius 1 is 1.12 bits per heavy atom. The van der Waals surface area contributed by atoms with E-state index in [-0.39, 0.29) is 16.9 Å². The second-order valence-electron chi connectivity index (χ2n) is 12.5. The van der Waals surface area contributed by atoms with Gasteiger partial charge in [0.25, 0.3) is 0 Å². The lowest BCUT2D eigenvalue weighted by Gasteiger charge is -2.54. The normalized spacial score (nSPS) is 40.9. The molecule has 0 spiro atoms. The zero-order chi connectivity index (χ0) is 29.6. The molecule has 9 heteroatoms. The van der Waals surface area contributed by atoms with Crippen LogP contribution >= 0.6 is 0 Å². The first-order valence-electron chi connectivity index (χ1n) is 13.8. The molecule has 2 saturated carbocycles. The summed E-state index contributed by atoms with van der Waals surface area (Å²) >= 11 is 0. The van der Waals surface area contributed by atoms with Crippen molar-refractivity contribution in [3.63, 3.8) is 0 Å². The van der Waals surface area contributed by atoms with Gasteiger partial charge in [0.15, 0.2) is 11.4 Å². The molecule has 0 saturated heterocycles. The van der Waals surface area contributed by atoms with E-state index in [1.54, 1.807) is 57.3 Å². The van der Waals surface area contributed by atoms with Crippen molar-refractivity contribution in [3.05, 3.63) is 53.1 Å². The van der Waals surface area contributed by atoms with Gasteiger partial charge in [-0.05, 0) is 30.2 Å². The number of ketones is 1. The van der Waals surface area contributed by atoms with Gasteiger partial charge in [0, 0.05) is 48.2 Å². The minimum atomic E-state index is -1.70. The number of carbonyl (C=O) groups is 3. The van der Waals surface area contributed by atoms with Crippen LogP contribution in [0.5, 0.6) is 0 Å². The molecule has 0 unspecified atom stereocenters. The van der Waals surface area contributed by atoms with Crippen LogP contribution in [0, 0.1) is 34.5 Å². The van der Waals surface area contributed by atoms with Crippen LogP contribution in [0.15, 0.2) is 47.6 Å². The molecule has 9 atom stereocenters. The van der Waals surface area contributed by atoms with E-state index in [2.05, 4.69) is 5.32 Å². The number of hydrogen-bond acceptors (Lipinski definition) is 9. The number of ether oxygens (including phenoxy) is 2. The molecule has 0 aromatic heterocycles. The fraction of sp³-hybridized carbons (Fsp3) is 0.581. The van der Waals surface area contributed by atoms with Crippen LogP contribution in [-0.2, 0) is 19.1 Å². The summed E-state index contributed by atoms with van der Waals surface area (Å²) in [6, 6.07) is 6.88. The maximum Gasteiger partial charge on any atom is 0.340 e. The standard InChI is InChI=1S/C31H39NO8/c1-15-12-20-23(24(15)35)25(36)18(14-33)13-22-29(6)28(4,5)31(29,40-17(3)34)26(16(2)30(20,22)38)39-27(37)19-10-8-9-11-21(19)32-7/h8-13,16,20,22-23,25-26,32-33,36,38H,14H2,1-7H3/t16-,20-,22+,23-,25-,26-,29-,30+,31-/m1/s1. The van der Waals surface area contributed by atoms with Crippen molar-refractivity contribution in [1.29, 1.82) is 0 Å². The van der Waals surface area contributed by atoms with Gasteiger partial charge in [0.1, 0.15) is 6.10 Å². The Morgan fingerprint density at radius 2 is 1.77 bits per heavy atom. The van der Waals surface area contributed by atoms with Crippen LogP contribution in [-0.4, -0.2) is 70.1 Å². The molecule has 1 aromatic rings. The molecular weight excluding hydrogens is 514 g/mol. The summed E-state index contributed by atoms with van der Waals surface area (Å²) in [6.45, 7) is 9.87. The predicted molar refractivity (Wildman–Crippen MR) is 146 cm³/mol. The number of carbonyl (C=O) groups excluding carboxylic acids is 3. The SMILES string of the molecule is CNc1ccccc1C(=O)O[C@@H]1[C@@H](C)[C@]2(O)[C@@H]3C=C(C)C(=O)[C@@H]3[C@H](O)C(CO)=C[C@H]2[C@]2(C)C(C)(C)[C@]12OC(C)=O. The highest BCUT2D eigenvalue weighted by atomic mass is 16.6. The Hall–Kier alpha value is -3.01. The number of aliphatic hydroxyl groups is 3. The minimum absolute atomic E-state index is 0.235. The monoisotopic (exact) mass is 553 g/mol. The highest BCUT2D eigenvalue weighted by Gasteiger charge is 2.94. The van der Waals surface area contributed by atoms with E-state index in [1.807, 2.05) is 20.8 Å². The van der Waals surface area contributed by atoms with Gasteiger partial charge in [-0.3, -0.25) is 9.59 Å². The molecule has 0 bridgehead atoms. The zero-order valence-corrected chi connectivity index (χ0v) is 24.0. The average Bonchev–Trinajstić information content (AvgIpc) is 3.13. The molecule has 5 rings (SSSR count). The molecule has 4 aliphatic carbocycles. The van der Waals surface area contributed by atoms with Crippen molar-refractivity contribution in [2.75, 3.05) is 19.0 Å². The van der Waals surface area contributed by atoms with Crippen molar-refractivity contribution >= 4 is 23.4 Å². The number of benzene rings is 1. The first kappa shape index (κ1) is 28.5. The van der Waals surface area contributed by atoms with Crippen LogP contribution in [0.3, 0.4) is 0 Å². The Kier molecular flexibility index (Phi) is 6.41. The summed E-state index contributed by atoms with van der Waals surface area (Å²) in [7, 11) is 1.69. The number of allylic oxidation sites excluding steroid dienone is 1. The number of Topliss-reactive ketones (excluding diaryl/α,β-unsaturated/α-hetero) is 1. The molecule has 2 fully saturated rings. The number of rotatable bonds is 5. The lowest BCUT2D eigenvalue weighted by atomic mass is 9.56. The van der Waals surface area contributed by atoms with Crippen LogP contribution < -0.4 is 5.32 Å². The molecule has 4 N–H and O–H groups in total. The van der Waals surface area contributed by atoms with E-state index in [1.165, 1.54) is 6.92 Å². The van der Waals surface area contributed by atoms with Crippen molar-refractivity contribution in [1.82, 2.24) is 0 Å². The highest BCUT2D eigenvalue weighted by molar-refractivity contribution is 6.00. The molecule has 4 aliphatic rings. The average molecular weight is 554 g/mol. The summed E-state index contributed by atoms with van der Waals surface area (Å²) in [5, 5.41) is 37.5. The number of hydrogen-bond donors (Lipinski definition) is 4. The van der Waals surface area contributed by atoms with E-state index in [9.17, 15) is 29.7 Å². The van der Waals surface area contributed by atoms with E-state index < -0.39 is 76.5 Å². The summed E-state index contributed by atoms with van der Waals surface area (Å²) in [6.07, 6.45) is 0.953. The van der Waals surface area contributed by atoms with Gasteiger partial charge in [-0.1, -0.05) is 52.0 Å². The summed E-state index contributed by atoms with van der Waals surface area (Å²) in [4.78, 5) is 39.7. The Bertz CT molecular complexity index is 1350. The molecule has 0 aliphatic heterocycles. The minimum Gasteiger partial charge on any atom is -0.454 e. The Labute approximate surface area is 234 Å². The quantitative estimate of drug-likeness (QED) is 0.320. The van der Waals surface area contributed by atoms with Gasteiger partial charge in [0.2, 0.25) is 0 Å². The van der Waals surface area contributed by atoms with Gasteiger partial charge in [-0.2, -0.15) is 0 Å². The number of aliphatic hydroxyl groups excluding tert-OH is 2. The number of para-hydroxylation sites is 1. The highest BCUT2D eigenvalue weighted by Crippen LogP contribution is 2.84.